The van der Waals surface area contributed by atoms with Crippen LogP contribution in [0.15, 0.2) is 22.7 Å². The molecule has 1 atom stereocenters. The van der Waals surface area contributed by atoms with Crippen molar-refractivity contribution in [3.63, 3.8) is 0 Å². The zero-order chi connectivity index (χ0) is 12.4. The molecule has 1 unspecified atom stereocenters. The van der Waals surface area contributed by atoms with Crippen LogP contribution in [0.3, 0.4) is 0 Å². The highest BCUT2D eigenvalue weighted by Crippen LogP contribution is 2.29. The molecule has 0 aliphatic heterocycles. The molecule has 1 saturated carbocycles. The van der Waals surface area contributed by atoms with E-state index in [0.717, 1.165) is 34.1 Å². The van der Waals surface area contributed by atoms with Crippen LogP contribution in [-0.2, 0) is 0 Å². The maximum Gasteiger partial charge on any atom is 0.0464 e. The Balaban J connectivity index is 1.91. The molecule has 1 aliphatic rings. The van der Waals surface area contributed by atoms with Gasteiger partial charge in [-0.2, -0.15) is 0 Å². The third-order valence-electron chi connectivity index (χ3n) is 3.33. The predicted octanol–water partition coefficient (Wildman–Crippen LogP) is 3.59. The monoisotopic (exact) mass is 316 g/mol. The first-order valence-electron chi connectivity index (χ1n) is 5.98. The van der Waals surface area contributed by atoms with Gasteiger partial charge in [0.25, 0.3) is 0 Å². The Bertz CT molecular complexity index is 393. The molecule has 1 aromatic carbocycles. The summed E-state index contributed by atoms with van der Waals surface area (Å²) in [4.78, 5) is 2.40. The first-order chi connectivity index (χ1) is 8.08. The van der Waals surface area contributed by atoms with Crippen LogP contribution >= 0.6 is 27.5 Å². The molecular weight excluding hydrogens is 300 g/mol. The lowest BCUT2D eigenvalue weighted by Gasteiger charge is -2.19. The van der Waals surface area contributed by atoms with Gasteiger partial charge in [0.2, 0.25) is 0 Å². The third kappa shape index (κ3) is 3.68. The summed E-state index contributed by atoms with van der Waals surface area (Å²) in [5.74, 6) is 0. The fourth-order valence-electron chi connectivity index (χ4n) is 2.00. The number of nitrogens with zero attached hydrogens (tertiary/aromatic N) is 1. The molecule has 2 rings (SSSR count). The van der Waals surface area contributed by atoms with E-state index in [9.17, 15) is 0 Å². The largest absolute Gasteiger partial charge is 0.324 e. The van der Waals surface area contributed by atoms with Crippen molar-refractivity contribution in [2.45, 2.75) is 31.3 Å². The normalized spacial score (nSPS) is 17.5. The molecular formula is C13H18BrClN2. The van der Waals surface area contributed by atoms with Crippen molar-refractivity contribution in [2.75, 3.05) is 13.6 Å². The van der Waals surface area contributed by atoms with Crippen LogP contribution in [0.1, 0.15) is 30.9 Å². The standard InChI is InChI=1S/C13H18BrClN2/c1-17(10-3-4-10)7-6-13(16)11-5-2-9(14)8-12(11)15/h2,5,8,10,13H,3-4,6-7,16H2,1H3. The van der Waals surface area contributed by atoms with E-state index in [1.807, 2.05) is 18.2 Å². The van der Waals surface area contributed by atoms with Crippen molar-refractivity contribution in [2.24, 2.45) is 5.73 Å². The molecule has 0 aromatic heterocycles. The highest BCUT2D eigenvalue weighted by Gasteiger charge is 2.26. The summed E-state index contributed by atoms with van der Waals surface area (Å²) < 4.78 is 0.994. The lowest BCUT2D eigenvalue weighted by Crippen LogP contribution is -2.25. The Morgan fingerprint density at radius 1 is 1.53 bits per heavy atom. The summed E-state index contributed by atoms with van der Waals surface area (Å²) in [6.07, 6.45) is 3.63. The molecule has 1 aliphatic carbocycles. The van der Waals surface area contributed by atoms with Crippen molar-refractivity contribution >= 4 is 27.5 Å². The molecule has 0 saturated heterocycles. The topological polar surface area (TPSA) is 29.3 Å². The van der Waals surface area contributed by atoms with Gasteiger partial charge in [0.05, 0.1) is 0 Å². The van der Waals surface area contributed by atoms with Gasteiger partial charge in [0.1, 0.15) is 0 Å². The molecule has 0 bridgehead atoms. The van der Waals surface area contributed by atoms with E-state index in [1.165, 1.54) is 12.8 Å². The van der Waals surface area contributed by atoms with Crippen LogP contribution in [-0.4, -0.2) is 24.5 Å². The minimum Gasteiger partial charge on any atom is -0.324 e. The summed E-state index contributed by atoms with van der Waals surface area (Å²) in [5.41, 5.74) is 7.23. The zero-order valence-corrected chi connectivity index (χ0v) is 12.3. The average molecular weight is 318 g/mol. The van der Waals surface area contributed by atoms with Gasteiger partial charge < -0.3 is 10.6 Å². The smallest absolute Gasteiger partial charge is 0.0464 e. The zero-order valence-electron chi connectivity index (χ0n) is 10.00. The summed E-state index contributed by atoms with van der Waals surface area (Å²) in [5, 5.41) is 0.751. The van der Waals surface area contributed by atoms with Gasteiger partial charge in [-0.05, 0) is 50.6 Å². The summed E-state index contributed by atoms with van der Waals surface area (Å²) in [7, 11) is 2.17. The molecule has 0 heterocycles. The Hall–Kier alpha value is -0.0900. The molecule has 94 valence electrons. The average Bonchev–Trinajstić information content (AvgIpc) is 3.09. The number of hydrogen-bond donors (Lipinski definition) is 1. The molecule has 1 aromatic rings. The van der Waals surface area contributed by atoms with E-state index in [-0.39, 0.29) is 6.04 Å². The minimum absolute atomic E-state index is 0.0248. The lowest BCUT2D eigenvalue weighted by atomic mass is 10.0. The van der Waals surface area contributed by atoms with E-state index in [0.29, 0.717) is 0 Å². The first kappa shape index (κ1) is 13.3. The van der Waals surface area contributed by atoms with Crippen molar-refractivity contribution in [3.8, 4) is 0 Å². The van der Waals surface area contributed by atoms with E-state index >= 15 is 0 Å². The Kier molecular flexibility index (Phi) is 4.47. The molecule has 0 spiro atoms. The second-order valence-corrected chi connectivity index (χ2v) is 6.10. The molecule has 2 nitrogen and oxygen atoms in total. The van der Waals surface area contributed by atoms with Crippen molar-refractivity contribution in [1.29, 1.82) is 0 Å². The van der Waals surface area contributed by atoms with Gasteiger partial charge in [-0.25, -0.2) is 0 Å². The van der Waals surface area contributed by atoms with Crippen LogP contribution in [0.4, 0.5) is 0 Å². The molecule has 0 amide bonds. The molecule has 4 heteroatoms. The van der Waals surface area contributed by atoms with E-state index in [1.54, 1.807) is 0 Å². The van der Waals surface area contributed by atoms with Crippen LogP contribution in [0.5, 0.6) is 0 Å². The van der Waals surface area contributed by atoms with E-state index < -0.39 is 0 Å². The summed E-state index contributed by atoms with van der Waals surface area (Å²) in [6.45, 7) is 1.04. The summed E-state index contributed by atoms with van der Waals surface area (Å²) in [6, 6.07) is 6.72. The maximum absolute atomic E-state index is 6.19. The van der Waals surface area contributed by atoms with Gasteiger partial charge >= 0.3 is 0 Å². The van der Waals surface area contributed by atoms with Crippen molar-refractivity contribution in [1.82, 2.24) is 4.90 Å². The molecule has 0 radical (unpaired) electrons. The van der Waals surface area contributed by atoms with Gasteiger partial charge in [-0.15, -0.1) is 0 Å². The number of benzene rings is 1. The van der Waals surface area contributed by atoms with Gasteiger partial charge in [0, 0.05) is 21.6 Å². The molecule has 2 N–H and O–H groups in total. The highest BCUT2D eigenvalue weighted by molar-refractivity contribution is 9.10. The first-order valence-corrected chi connectivity index (χ1v) is 7.16. The van der Waals surface area contributed by atoms with Crippen molar-refractivity contribution in [3.05, 3.63) is 33.3 Å². The number of halogens is 2. The van der Waals surface area contributed by atoms with Gasteiger partial charge in [0.15, 0.2) is 0 Å². The van der Waals surface area contributed by atoms with Crippen LogP contribution < -0.4 is 5.73 Å². The Morgan fingerprint density at radius 3 is 2.82 bits per heavy atom. The third-order valence-corrected chi connectivity index (χ3v) is 4.15. The second-order valence-electron chi connectivity index (χ2n) is 4.77. The number of hydrogen-bond acceptors (Lipinski definition) is 2. The summed E-state index contributed by atoms with van der Waals surface area (Å²) >= 11 is 9.59. The van der Waals surface area contributed by atoms with Gasteiger partial charge in [-0.1, -0.05) is 33.6 Å². The Morgan fingerprint density at radius 2 is 2.24 bits per heavy atom. The number of rotatable bonds is 5. The fourth-order valence-corrected chi connectivity index (χ4v) is 2.81. The quantitative estimate of drug-likeness (QED) is 0.899. The minimum atomic E-state index is 0.0248. The second kappa shape index (κ2) is 5.70. The fraction of sp³-hybridized carbons (Fsp3) is 0.538. The van der Waals surface area contributed by atoms with Crippen LogP contribution in [0.2, 0.25) is 5.02 Å². The van der Waals surface area contributed by atoms with Crippen LogP contribution in [0.25, 0.3) is 0 Å². The molecule has 17 heavy (non-hydrogen) atoms. The van der Waals surface area contributed by atoms with E-state index in [2.05, 4.69) is 27.9 Å². The van der Waals surface area contributed by atoms with Crippen molar-refractivity contribution < 1.29 is 0 Å². The molecule has 1 fully saturated rings. The number of nitrogens with two attached hydrogens (primary N) is 1. The predicted molar refractivity (Wildman–Crippen MR) is 76.3 cm³/mol. The SMILES string of the molecule is CN(CCC(N)c1ccc(Br)cc1Cl)C1CC1. The Labute approximate surface area is 116 Å². The van der Waals surface area contributed by atoms with Crippen LogP contribution in [0, 0.1) is 0 Å². The van der Waals surface area contributed by atoms with Gasteiger partial charge in [-0.3, -0.25) is 0 Å². The lowest BCUT2D eigenvalue weighted by molar-refractivity contribution is 0.309. The maximum atomic E-state index is 6.19. The highest BCUT2D eigenvalue weighted by atomic mass is 79.9. The van der Waals surface area contributed by atoms with E-state index in [4.69, 9.17) is 17.3 Å².